The minimum absolute atomic E-state index is 0. The van der Waals surface area contributed by atoms with Gasteiger partial charge in [-0.25, -0.2) is 0 Å². The smallest absolute Gasteiger partial charge is 0.275 e. The van der Waals surface area contributed by atoms with E-state index in [2.05, 4.69) is 35.3 Å². The fourth-order valence-electron chi connectivity index (χ4n) is 4.96. The Balaban J connectivity index is 0.00000245. The maximum absolute atomic E-state index is 13.1. The van der Waals surface area contributed by atoms with Gasteiger partial charge in [-0.2, -0.15) is 4.98 Å². The number of hydrogen-bond donors (Lipinski definition) is 1. The summed E-state index contributed by atoms with van der Waals surface area (Å²) in [6.45, 7) is 4.19. The quantitative estimate of drug-likeness (QED) is 0.430. The van der Waals surface area contributed by atoms with Crippen LogP contribution in [0.5, 0.6) is 5.88 Å². The number of likely N-dealkylation sites (tertiary alicyclic amines) is 1. The molecule has 1 aliphatic rings. The summed E-state index contributed by atoms with van der Waals surface area (Å²) >= 11 is 0. The van der Waals surface area contributed by atoms with E-state index in [0.717, 1.165) is 24.1 Å². The Hall–Kier alpha value is -2.83. The molecular formula is C25H29ClN4O2. The van der Waals surface area contributed by atoms with Gasteiger partial charge in [-0.3, -0.25) is 9.20 Å². The third-order valence-electron chi connectivity index (χ3n) is 6.65. The van der Waals surface area contributed by atoms with Crippen LogP contribution >= 0.6 is 0 Å². The molecule has 0 unspecified atom stereocenters. The molecule has 5 rings (SSSR count). The topological polar surface area (TPSA) is 53.0 Å². The van der Waals surface area contributed by atoms with Crippen molar-refractivity contribution in [3.8, 4) is 5.88 Å². The van der Waals surface area contributed by atoms with Gasteiger partial charge in [0.1, 0.15) is 5.52 Å². The molecule has 0 aliphatic carbocycles. The predicted octanol–water partition coefficient (Wildman–Crippen LogP) is -0.486. The maximum Gasteiger partial charge on any atom is 0.275 e. The van der Waals surface area contributed by atoms with Gasteiger partial charge in [-0.1, -0.05) is 30.3 Å². The normalized spacial score (nSPS) is 18.5. The molecule has 4 aromatic rings. The van der Waals surface area contributed by atoms with Gasteiger partial charge in [0.15, 0.2) is 5.65 Å². The van der Waals surface area contributed by atoms with Crippen LogP contribution in [0.3, 0.4) is 0 Å². The Labute approximate surface area is 193 Å². The zero-order valence-corrected chi connectivity index (χ0v) is 19.1. The van der Waals surface area contributed by atoms with E-state index >= 15 is 0 Å². The molecule has 32 heavy (non-hydrogen) atoms. The highest BCUT2D eigenvalue weighted by atomic mass is 35.5. The number of fused-ring (bicyclic) bond motifs is 3. The number of piperidine rings is 1. The Morgan fingerprint density at radius 3 is 2.56 bits per heavy atom. The molecule has 0 saturated carbocycles. The van der Waals surface area contributed by atoms with E-state index in [-0.39, 0.29) is 18.0 Å². The average molecular weight is 453 g/mol. The van der Waals surface area contributed by atoms with Crippen LogP contribution in [0.1, 0.15) is 30.7 Å². The molecule has 4 heterocycles. The molecule has 3 aromatic heterocycles. The van der Waals surface area contributed by atoms with Crippen molar-refractivity contribution in [1.29, 1.82) is 0 Å². The number of quaternary nitrogens is 1. The Bertz CT molecular complexity index is 1240. The zero-order chi connectivity index (χ0) is 21.2. The van der Waals surface area contributed by atoms with Crippen LogP contribution in [0.4, 0.5) is 0 Å². The third-order valence-corrected chi connectivity index (χ3v) is 6.65. The van der Waals surface area contributed by atoms with E-state index in [0.29, 0.717) is 23.9 Å². The Kier molecular flexibility index (Phi) is 6.82. The number of nitrogens with one attached hydrogen (secondary N) is 1. The number of hydrogen-bond acceptors (Lipinski definition) is 3. The van der Waals surface area contributed by atoms with Gasteiger partial charge in [-0.05, 0) is 29.7 Å². The molecule has 0 spiro atoms. The van der Waals surface area contributed by atoms with Crippen molar-refractivity contribution in [1.82, 2.24) is 14.0 Å². The summed E-state index contributed by atoms with van der Waals surface area (Å²) in [5.41, 5.74) is 3.79. The van der Waals surface area contributed by atoms with E-state index in [1.807, 2.05) is 39.4 Å². The standard InChI is InChI=1S/C25H28N4O2.ClH/c1-31-23-11-10-21-24(26-23)28-15-5-9-22(28)25(30)29(21)16-6-14-27-17-12-20(13-18-27)19-7-3-2-4-8-19;/h2-5,7-11,15,20H,6,12-14,16-18H2,1H3;1H. The predicted molar refractivity (Wildman–Crippen MR) is 122 cm³/mol. The molecule has 1 aliphatic heterocycles. The van der Waals surface area contributed by atoms with Crippen LogP contribution in [0, 0.1) is 0 Å². The number of benzene rings is 1. The molecule has 1 saturated heterocycles. The van der Waals surface area contributed by atoms with Gasteiger partial charge in [0.2, 0.25) is 5.88 Å². The minimum atomic E-state index is 0. The molecule has 0 bridgehead atoms. The maximum atomic E-state index is 13.1. The molecule has 1 N–H and O–H groups in total. The van der Waals surface area contributed by atoms with Crippen molar-refractivity contribution in [3.05, 3.63) is 76.7 Å². The van der Waals surface area contributed by atoms with Gasteiger partial charge >= 0.3 is 0 Å². The molecular weight excluding hydrogens is 424 g/mol. The Morgan fingerprint density at radius 2 is 1.81 bits per heavy atom. The summed E-state index contributed by atoms with van der Waals surface area (Å²) in [6, 6.07) is 18.4. The molecule has 168 valence electrons. The first-order chi connectivity index (χ1) is 15.2. The second-order valence-electron chi connectivity index (χ2n) is 8.46. The van der Waals surface area contributed by atoms with Crippen LogP contribution < -0.4 is 27.6 Å². The Morgan fingerprint density at radius 1 is 1.03 bits per heavy atom. The lowest BCUT2D eigenvalue weighted by atomic mass is 9.89. The summed E-state index contributed by atoms with van der Waals surface area (Å²) in [4.78, 5) is 19.4. The van der Waals surface area contributed by atoms with Crippen molar-refractivity contribution in [2.45, 2.75) is 31.7 Å². The van der Waals surface area contributed by atoms with Crippen LogP contribution in [-0.4, -0.2) is 40.7 Å². The number of rotatable bonds is 6. The van der Waals surface area contributed by atoms with Crippen LogP contribution in [0.2, 0.25) is 0 Å². The SMILES string of the molecule is COc1ccc2c(n1)n1cccc1c(=O)n2CCC[NH+]1CCC(c2ccccc2)CC1.[Cl-]. The van der Waals surface area contributed by atoms with Crippen LogP contribution in [-0.2, 0) is 6.54 Å². The number of aromatic nitrogens is 3. The summed E-state index contributed by atoms with van der Waals surface area (Å²) < 4.78 is 9.04. The zero-order valence-electron chi connectivity index (χ0n) is 18.3. The van der Waals surface area contributed by atoms with Crippen molar-refractivity contribution in [3.63, 3.8) is 0 Å². The lowest BCUT2D eigenvalue weighted by Crippen LogP contribution is -3.13. The van der Waals surface area contributed by atoms with Crippen molar-refractivity contribution >= 4 is 16.7 Å². The second kappa shape index (κ2) is 9.76. The highest BCUT2D eigenvalue weighted by molar-refractivity contribution is 5.75. The number of pyridine rings is 1. The summed E-state index contributed by atoms with van der Waals surface area (Å²) in [5.74, 6) is 1.24. The molecule has 1 aromatic carbocycles. The van der Waals surface area contributed by atoms with Gasteiger partial charge < -0.3 is 26.6 Å². The van der Waals surface area contributed by atoms with E-state index in [1.165, 1.54) is 31.5 Å². The summed E-state index contributed by atoms with van der Waals surface area (Å²) in [5, 5.41) is 0. The van der Waals surface area contributed by atoms with E-state index in [9.17, 15) is 4.79 Å². The molecule has 0 amide bonds. The number of aryl methyl sites for hydroxylation is 1. The van der Waals surface area contributed by atoms with E-state index in [4.69, 9.17) is 4.74 Å². The highest BCUT2D eigenvalue weighted by Gasteiger charge is 2.23. The van der Waals surface area contributed by atoms with Gasteiger partial charge in [0.25, 0.3) is 5.56 Å². The number of methoxy groups -OCH3 is 1. The number of nitrogens with zero attached hydrogens (tertiary/aromatic N) is 3. The highest BCUT2D eigenvalue weighted by Crippen LogP contribution is 2.23. The average Bonchev–Trinajstić information content (AvgIpc) is 3.32. The van der Waals surface area contributed by atoms with Crippen molar-refractivity contribution in [2.24, 2.45) is 0 Å². The molecule has 0 radical (unpaired) electrons. The fourth-order valence-corrected chi connectivity index (χ4v) is 4.96. The van der Waals surface area contributed by atoms with Gasteiger partial charge in [-0.15, -0.1) is 0 Å². The molecule has 7 heteroatoms. The fraction of sp³-hybridized carbons (Fsp3) is 0.360. The second-order valence-corrected chi connectivity index (χ2v) is 8.46. The molecule has 0 atom stereocenters. The minimum Gasteiger partial charge on any atom is -1.00 e. The largest absolute Gasteiger partial charge is 1.00 e. The first-order valence-electron chi connectivity index (χ1n) is 11.2. The van der Waals surface area contributed by atoms with Crippen LogP contribution in [0.25, 0.3) is 16.7 Å². The van der Waals surface area contributed by atoms with Crippen LogP contribution in [0.15, 0.2) is 65.6 Å². The summed E-state index contributed by atoms with van der Waals surface area (Å²) in [7, 11) is 1.61. The summed E-state index contributed by atoms with van der Waals surface area (Å²) in [6.07, 6.45) is 5.34. The molecule has 6 nitrogen and oxygen atoms in total. The van der Waals surface area contributed by atoms with Crippen molar-refractivity contribution < 1.29 is 22.0 Å². The van der Waals surface area contributed by atoms with Crippen molar-refractivity contribution in [2.75, 3.05) is 26.7 Å². The van der Waals surface area contributed by atoms with E-state index < -0.39 is 0 Å². The lowest BCUT2D eigenvalue weighted by molar-refractivity contribution is -0.905. The van der Waals surface area contributed by atoms with Gasteiger partial charge in [0.05, 0.1) is 32.3 Å². The first kappa shape index (κ1) is 22.4. The number of ether oxygens (including phenoxy) is 1. The van der Waals surface area contributed by atoms with E-state index in [1.54, 1.807) is 12.0 Å². The lowest BCUT2D eigenvalue weighted by Gasteiger charge is -2.29. The monoisotopic (exact) mass is 452 g/mol. The number of halogens is 1. The molecule has 1 fully saturated rings. The first-order valence-corrected chi connectivity index (χ1v) is 11.2. The third kappa shape index (κ3) is 4.25. The van der Waals surface area contributed by atoms with Gasteiger partial charge in [0, 0.05) is 38.1 Å².